The molecule has 0 aliphatic heterocycles. The van der Waals surface area contributed by atoms with Crippen LogP contribution in [0.25, 0.3) is 0 Å². The summed E-state index contributed by atoms with van der Waals surface area (Å²) in [4.78, 5) is 11.6. The van der Waals surface area contributed by atoms with Crippen molar-refractivity contribution in [3.63, 3.8) is 0 Å². The second kappa shape index (κ2) is 7.93. The van der Waals surface area contributed by atoms with Crippen molar-refractivity contribution in [2.75, 3.05) is 12.4 Å². The molecule has 1 atom stereocenters. The van der Waals surface area contributed by atoms with Gasteiger partial charge in [-0.3, -0.25) is 0 Å². The predicted molar refractivity (Wildman–Crippen MR) is 101 cm³/mol. The third kappa shape index (κ3) is 4.55. The molecule has 2 aromatic carbocycles. The number of carbonyl (C=O) groups excluding carboxylic acids is 1. The maximum Gasteiger partial charge on any atom is 0.337 e. The van der Waals surface area contributed by atoms with Crippen LogP contribution in [0.2, 0.25) is 0 Å². The molecule has 0 bridgehead atoms. The molecule has 0 aliphatic rings. The number of hydrogen-bond donors (Lipinski definition) is 2. The molecule has 0 heterocycles. The number of thiocarbonyl (C=S) groups is 1. The van der Waals surface area contributed by atoms with Crippen molar-refractivity contribution in [2.45, 2.75) is 26.8 Å². The molecule has 0 saturated heterocycles. The summed E-state index contributed by atoms with van der Waals surface area (Å²) in [7, 11) is 1.36. The van der Waals surface area contributed by atoms with Crippen molar-refractivity contribution >= 4 is 29.0 Å². The van der Waals surface area contributed by atoms with Gasteiger partial charge in [0.05, 0.1) is 18.7 Å². The maximum absolute atomic E-state index is 11.6. The standard InChI is InChI=1S/C19H22N2O2S/c1-12-8-9-17(13(2)10-12)14(3)20-19(24)21-16-7-5-6-15(11-16)18(22)23-4/h5-11,14H,1-4H3,(H2,20,21,24). The van der Waals surface area contributed by atoms with Gasteiger partial charge in [-0.1, -0.05) is 29.8 Å². The van der Waals surface area contributed by atoms with E-state index < -0.39 is 0 Å². The van der Waals surface area contributed by atoms with Crippen molar-refractivity contribution in [1.82, 2.24) is 5.32 Å². The molecule has 2 rings (SSSR count). The first-order valence-electron chi connectivity index (χ1n) is 7.73. The number of nitrogens with one attached hydrogen (secondary N) is 2. The van der Waals surface area contributed by atoms with Gasteiger partial charge in [-0.2, -0.15) is 0 Å². The van der Waals surface area contributed by atoms with E-state index >= 15 is 0 Å². The van der Waals surface area contributed by atoms with Crippen LogP contribution in [0, 0.1) is 13.8 Å². The van der Waals surface area contributed by atoms with Crippen molar-refractivity contribution in [1.29, 1.82) is 0 Å². The lowest BCUT2D eigenvalue weighted by Crippen LogP contribution is -2.31. The normalized spacial score (nSPS) is 11.5. The first-order chi connectivity index (χ1) is 11.4. The Hall–Kier alpha value is -2.40. The van der Waals surface area contributed by atoms with Gasteiger partial charge >= 0.3 is 5.97 Å². The third-order valence-electron chi connectivity index (χ3n) is 3.78. The Balaban J connectivity index is 2.04. The van der Waals surface area contributed by atoms with E-state index in [-0.39, 0.29) is 12.0 Å². The van der Waals surface area contributed by atoms with Crippen LogP contribution in [0.15, 0.2) is 42.5 Å². The van der Waals surface area contributed by atoms with E-state index in [4.69, 9.17) is 17.0 Å². The monoisotopic (exact) mass is 342 g/mol. The topological polar surface area (TPSA) is 50.4 Å². The minimum Gasteiger partial charge on any atom is -0.465 e. The number of carbonyl (C=O) groups is 1. The van der Waals surface area contributed by atoms with E-state index in [0.29, 0.717) is 10.7 Å². The van der Waals surface area contributed by atoms with Crippen molar-refractivity contribution in [3.8, 4) is 0 Å². The molecule has 1 unspecified atom stereocenters. The lowest BCUT2D eigenvalue weighted by atomic mass is 10.0. The Kier molecular flexibility index (Phi) is 5.93. The quantitative estimate of drug-likeness (QED) is 0.646. The molecule has 4 nitrogen and oxygen atoms in total. The predicted octanol–water partition coefficient (Wildman–Crippen LogP) is 4.14. The maximum atomic E-state index is 11.6. The van der Waals surface area contributed by atoms with Gasteiger partial charge in [0.15, 0.2) is 5.11 Å². The Morgan fingerprint density at radius 1 is 1.17 bits per heavy atom. The fourth-order valence-electron chi connectivity index (χ4n) is 2.59. The van der Waals surface area contributed by atoms with Crippen molar-refractivity contribution in [3.05, 3.63) is 64.7 Å². The van der Waals surface area contributed by atoms with Gasteiger partial charge in [0.25, 0.3) is 0 Å². The fraction of sp³-hybridized carbons (Fsp3) is 0.263. The molecule has 0 spiro atoms. The largest absolute Gasteiger partial charge is 0.465 e. The molecule has 0 saturated carbocycles. The van der Waals surface area contributed by atoms with Crippen LogP contribution in [-0.4, -0.2) is 18.2 Å². The second-order valence-electron chi connectivity index (χ2n) is 5.75. The van der Waals surface area contributed by atoms with Crippen molar-refractivity contribution in [2.24, 2.45) is 0 Å². The molecule has 5 heteroatoms. The van der Waals surface area contributed by atoms with Crippen LogP contribution in [0.3, 0.4) is 0 Å². The molecule has 0 radical (unpaired) electrons. The number of hydrogen-bond acceptors (Lipinski definition) is 3. The number of ether oxygens (including phenoxy) is 1. The smallest absolute Gasteiger partial charge is 0.337 e. The van der Waals surface area contributed by atoms with Gasteiger partial charge in [-0.15, -0.1) is 0 Å². The Labute approximate surface area is 148 Å². The summed E-state index contributed by atoms with van der Waals surface area (Å²) in [6.45, 7) is 6.24. The molecule has 0 aromatic heterocycles. The minimum atomic E-state index is -0.374. The highest BCUT2D eigenvalue weighted by Gasteiger charge is 2.11. The first kappa shape index (κ1) is 17.9. The highest BCUT2D eigenvalue weighted by Crippen LogP contribution is 2.19. The van der Waals surface area contributed by atoms with E-state index in [1.165, 1.54) is 23.8 Å². The van der Waals surface area contributed by atoms with Gasteiger partial charge in [-0.05, 0) is 62.3 Å². The van der Waals surface area contributed by atoms with E-state index in [1.54, 1.807) is 18.2 Å². The molecular formula is C19H22N2O2S. The minimum absolute atomic E-state index is 0.0781. The molecule has 2 N–H and O–H groups in total. The zero-order valence-electron chi connectivity index (χ0n) is 14.3. The van der Waals surface area contributed by atoms with E-state index in [1.807, 2.05) is 6.07 Å². The van der Waals surface area contributed by atoms with Gasteiger partial charge in [-0.25, -0.2) is 4.79 Å². The van der Waals surface area contributed by atoms with Gasteiger partial charge < -0.3 is 15.4 Å². The van der Waals surface area contributed by atoms with E-state index in [2.05, 4.69) is 49.6 Å². The average molecular weight is 342 g/mol. The molecular weight excluding hydrogens is 320 g/mol. The highest BCUT2D eigenvalue weighted by atomic mass is 32.1. The van der Waals surface area contributed by atoms with Crippen LogP contribution in [0.1, 0.15) is 40.0 Å². The average Bonchev–Trinajstić information content (AvgIpc) is 2.53. The summed E-state index contributed by atoms with van der Waals surface area (Å²) in [5, 5.41) is 6.88. The van der Waals surface area contributed by atoms with Crippen LogP contribution < -0.4 is 10.6 Å². The number of methoxy groups -OCH3 is 1. The zero-order chi connectivity index (χ0) is 17.7. The SMILES string of the molecule is COC(=O)c1cccc(NC(=S)NC(C)c2ccc(C)cc2C)c1. The molecule has 0 aliphatic carbocycles. The van der Waals surface area contributed by atoms with Gasteiger partial charge in [0.1, 0.15) is 0 Å². The summed E-state index contributed by atoms with van der Waals surface area (Å²) in [6, 6.07) is 13.5. The second-order valence-corrected chi connectivity index (χ2v) is 6.16. The zero-order valence-corrected chi connectivity index (χ0v) is 15.2. The van der Waals surface area contributed by atoms with Crippen LogP contribution >= 0.6 is 12.2 Å². The summed E-state index contributed by atoms with van der Waals surface area (Å²) in [5.41, 5.74) is 4.89. The van der Waals surface area contributed by atoms with Crippen LogP contribution in [0.5, 0.6) is 0 Å². The lowest BCUT2D eigenvalue weighted by molar-refractivity contribution is 0.0601. The van der Waals surface area contributed by atoms with Crippen LogP contribution in [-0.2, 0) is 4.74 Å². The number of aryl methyl sites for hydroxylation is 2. The number of anilines is 1. The summed E-state index contributed by atoms with van der Waals surface area (Å²) < 4.78 is 4.73. The Morgan fingerprint density at radius 2 is 1.92 bits per heavy atom. The van der Waals surface area contributed by atoms with E-state index in [0.717, 1.165) is 5.69 Å². The lowest BCUT2D eigenvalue weighted by Gasteiger charge is -2.19. The number of rotatable bonds is 4. The van der Waals surface area contributed by atoms with E-state index in [9.17, 15) is 4.79 Å². The molecule has 0 amide bonds. The van der Waals surface area contributed by atoms with Crippen LogP contribution in [0.4, 0.5) is 5.69 Å². The summed E-state index contributed by atoms with van der Waals surface area (Å²) in [6.07, 6.45) is 0. The molecule has 2 aromatic rings. The van der Waals surface area contributed by atoms with Gasteiger partial charge in [0, 0.05) is 5.69 Å². The number of esters is 1. The number of benzene rings is 2. The third-order valence-corrected chi connectivity index (χ3v) is 4.00. The summed E-state index contributed by atoms with van der Waals surface area (Å²) in [5.74, 6) is -0.374. The Morgan fingerprint density at radius 3 is 2.58 bits per heavy atom. The Bertz CT molecular complexity index is 759. The summed E-state index contributed by atoms with van der Waals surface area (Å²) >= 11 is 5.38. The van der Waals surface area contributed by atoms with Gasteiger partial charge in [0.2, 0.25) is 0 Å². The molecule has 0 fully saturated rings. The fourth-order valence-corrected chi connectivity index (χ4v) is 2.89. The first-order valence-corrected chi connectivity index (χ1v) is 8.14. The molecule has 24 heavy (non-hydrogen) atoms. The molecule has 126 valence electrons. The highest BCUT2D eigenvalue weighted by molar-refractivity contribution is 7.80. The van der Waals surface area contributed by atoms with Crippen molar-refractivity contribution < 1.29 is 9.53 Å².